The predicted molar refractivity (Wildman–Crippen MR) is 54.6 cm³/mol. The van der Waals surface area contributed by atoms with Crippen LogP contribution in [0.3, 0.4) is 0 Å². The Labute approximate surface area is 81.5 Å². The van der Waals surface area contributed by atoms with Gasteiger partial charge in [-0.3, -0.25) is 4.79 Å². The van der Waals surface area contributed by atoms with Crippen LogP contribution in [0.15, 0.2) is 30.5 Å². The van der Waals surface area contributed by atoms with Crippen LogP contribution in [0.4, 0.5) is 0 Å². The van der Waals surface area contributed by atoms with E-state index in [9.17, 15) is 4.79 Å². The first kappa shape index (κ1) is 8.74. The van der Waals surface area contributed by atoms with Gasteiger partial charge in [0.2, 0.25) is 0 Å². The topological polar surface area (TPSA) is 46.9 Å². The molecule has 0 saturated carbocycles. The van der Waals surface area contributed by atoms with Crippen molar-refractivity contribution in [2.24, 2.45) is 0 Å². The van der Waals surface area contributed by atoms with Gasteiger partial charge >= 0.3 is 0 Å². The molecule has 72 valence electrons. The molecule has 0 amide bonds. The highest BCUT2D eigenvalue weighted by molar-refractivity contribution is 5.81. The van der Waals surface area contributed by atoms with Gasteiger partial charge in [0.25, 0.3) is 0 Å². The molecule has 4 heteroatoms. The van der Waals surface area contributed by atoms with Crippen molar-refractivity contribution in [1.82, 2.24) is 9.89 Å². The van der Waals surface area contributed by atoms with Crippen molar-refractivity contribution in [2.45, 2.75) is 6.92 Å². The molecule has 0 spiro atoms. The van der Waals surface area contributed by atoms with Crippen molar-refractivity contribution >= 4 is 16.7 Å². The zero-order valence-electron chi connectivity index (χ0n) is 7.90. The third-order valence-electron chi connectivity index (χ3n) is 1.96. The molecule has 1 N–H and O–H groups in total. The van der Waals surface area contributed by atoms with E-state index in [1.807, 2.05) is 24.3 Å². The van der Waals surface area contributed by atoms with E-state index in [2.05, 4.69) is 10.5 Å². The third-order valence-corrected chi connectivity index (χ3v) is 1.96. The monoisotopic (exact) mass is 189 g/mol. The lowest BCUT2D eigenvalue weighted by Gasteiger charge is -2.04. The number of para-hydroxylation sites is 1. The zero-order valence-corrected chi connectivity index (χ0v) is 7.90. The number of nitrogens with one attached hydrogen (secondary N) is 1. The van der Waals surface area contributed by atoms with E-state index in [0.717, 1.165) is 10.9 Å². The van der Waals surface area contributed by atoms with E-state index >= 15 is 0 Å². The van der Waals surface area contributed by atoms with E-state index in [1.54, 1.807) is 17.9 Å². The summed E-state index contributed by atoms with van der Waals surface area (Å²) in [5.41, 5.74) is 3.90. The lowest BCUT2D eigenvalue weighted by molar-refractivity contribution is -0.115. The Morgan fingerprint density at radius 1 is 1.50 bits per heavy atom. The Morgan fingerprint density at radius 3 is 3.07 bits per heavy atom. The molecule has 0 unspecified atom stereocenters. The molecule has 0 atom stereocenters. The van der Waals surface area contributed by atoms with Gasteiger partial charge in [0.1, 0.15) is 0 Å². The molecular formula is C10H11N3O. The maximum absolute atomic E-state index is 10.8. The summed E-state index contributed by atoms with van der Waals surface area (Å²) < 4.78 is 0. The molecule has 0 saturated heterocycles. The van der Waals surface area contributed by atoms with Crippen molar-refractivity contribution < 1.29 is 4.79 Å². The summed E-state index contributed by atoms with van der Waals surface area (Å²) in [7, 11) is 0. The second-order valence-electron chi connectivity index (χ2n) is 3.15. The summed E-state index contributed by atoms with van der Waals surface area (Å²) in [4.78, 5) is 12.4. The van der Waals surface area contributed by atoms with E-state index in [0.29, 0.717) is 6.54 Å². The maximum Gasteiger partial charge on any atom is 0.150 e. The minimum atomic E-state index is 0.0876. The number of aromatic nitrogens is 2. The van der Waals surface area contributed by atoms with Gasteiger partial charge in [0.15, 0.2) is 5.78 Å². The molecular weight excluding hydrogens is 178 g/mol. The van der Waals surface area contributed by atoms with Crippen LogP contribution in [-0.2, 0) is 4.79 Å². The Hall–Kier alpha value is -1.84. The fourth-order valence-electron chi connectivity index (χ4n) is 1.28. The smallest absolute Gasteiger partial charge is 0.150 e. The number of hydrogen-bond donors (Lipinski definition) is 1. The third kappa shape index (κ3) is 1.59. The highest BCUT2D eigenvalue weighted by atomic mass is 16.1. The average Bonchev–Trinajstić information content (AvgIpc) is 2.58. The Kier molecular flexibility index (Phi) is 2.18. The molecule has 0 radical (unpaired) electrons. The first-order chi connectivity index (χ1) is 6.77. The van der Waals surface area contributed by atoms with Gasteiger partial charge in [-0.05, 0) is 13.0 Å². The molecule has 2 aromatic rings. The number of ketones is 1. The van der Waals surface area contributed by atoms with Crippen molar-refractivity contribution in [3.05, 3.63) is 30.5 Å². The highest BCUT2D eigenvalue weighted by Gasteiger charge is 2.00. The molecule has 0 aliphatic rings. The molecule has 0 aliphatic heterocycles. The SMILES string of the molecule is CC(=O)CNn1ncc2ccccc21. The van der Waals surface area contributed by atoms with Gasteiger partial charge in [0.05, 0.1) is 18.3 Å². The van der Waals surface area contributed by atoms with E-state index in [1.165, 1.54) is 0 Å². The number of Topliss-reactive ketones (excluding diaryl/α,β-unsaturated/α-hetero) is 1. The Bertz CT molecular complexity index is 461. The lowest BCUT2D eigenvalue weighted by atomic mass is 10.3. The second-order valence-corrected chi connectivity index (χ2v) is 3.15. The molecule has 4 nitrogen and oxygen atoms in total. The zero-order chi connectivity index (χ0) is 9.97. The van der Waals surface area contributed by atoms with E-state index in [4.69, 9.17) is 0 Å². The normalized spacial score (nSPS) is 10.4. The van der Waals surface area contributed by atoms with Crippen LogP contribution < -0.4 is 5.43 Å². The molecule has 0 fully saturated rings. The van der Waals surface area contributed by atoms with Crippen LogP contribution in [0.2, 0.25) is 0 Å². The number of nitrogens with zero attached hydrogens (tertiary/aromatic N) is 2. The standard InChI is InChI=1S/C10H11N3O/c1-8(14)6-11-13-10-5-3-2-4-9(10)7-12-13/h2-5,7,11H,6H2,1H3. The summed E-state index contributed by atoms with van der Waals surface area (Å²) in [6.45, 7) is 1.84. The molecule has 14 heavy (non-hydrogen) atoms. The average molecular weight is 189 g/mol. The highest BCUT2D eigenvalue weighted by Crippen LogP contribution is 2.10. The molecule has 1 aromatic heterocycles. The molecule has 1 heterocycles. The van der Waals surface area contributed by atoms with Gasteiger partial charge in [0, 0.05) is 5.39 Å². The summed E-state index contributed by atoms with van der Waals surface area (Å²) in [6, 6.07) is 7.83. The van der Waals surface area contributed by atoms with Gasteiger partial charge in [-0.15, -0.1) is 0 Å². The lowest BCUT2D eigenvalue weighted by Crippen LogP contribution is -2.21. The van der Waals surface area contributed by atoms with Crippen LogP contribution in [-0.4, -0.2) is 22.2 Å². The van der Waals surface area contributed by atoms with Crippen LogP contribution in [0.25, 0.3) is 10.9 Å². The number of benzene rings is 1. The molecule has 2 rings (SSSR count). The fourth-order valence-corrected chi connectivity index (χ4v) is 1.28. The van der Waals surface area contributed by atoms with Crippen molar-refractivity contribution in [2.75, 3.05) is 12.0 Å². The summed E-state index contributed by atoms with van der Waals surface area (Å²) in [5, 5.41) is 5.18. The largest absolute Gasteiger partial charge is 0.302 e. The molecule has 1 aromatic carbocycles. The number of carbonyl (C=O) groups is 1. The van der Waals surface area contributed by atoms with Gasteiger partial charge < -0.3 is 5.43 Å². The fraction of sp³-hybridized carbons (Fsp3) is 0.200. The minimum absolute atomic E-state index is 0.0876. The second kappa shape index (κ2) is 3.49. The summed E-state index contributed by atoms with van der Waals surface area (Å²) >= 11 is 0. The number of carbonyl (C=O) groups excluding carboxylic acids is 1. The van der Waals surface area contributed by atoms with Gasteiger partial charge in [-0.2, -0.15) is 9.89 Å². The van der Waals surface area contributed by atoms with Gasteiger partial charge in [-0.1, -0.05) is 18.2 Å². The van der Waals surface area contributed by atoms with E-state index < -0.39 is 0 Å². The van der Waals surface area contributed by atoms with Crippen LogP contribution in [0.1, 0.15) is 6.92 Å². The van der Waals surface area contributed by atoms with E-state index in [-0.39, 0.29) is 5.78 Å². The first-order valence-electron chi connectivity index (χ1n) is 4.43. The van der Waals surface area contributed by atoms with Crippen LogP contribution in [0.5, 0.6) is 0 Å². The maximum atomic E-state index is 10.8. The summed E-state index contributed by atoms with van der Waals surface area (Å²) in [6.07, 6.45) is 1.77. The Balaban J connectivity index is 2.29. The quantitative estimate of drug-likeness (QED) is 0.788. The number of fused-ring (bicyclic) bond motifs is 1. The Morgan fingerprint density at radius 2 is 2.29 bits per heavy atom. The van der Waals surface area contributed by atoms with Gasteiger partial charge in [-0.25, -0.2) is 0 Å². The van der Waals surface area contributed by atoms with Crippen molar-refractivity contribution in [1.29, 1.82) is 0 Å². The number of hydrogen-bond acceptors (Lipinski definition) is 3. The minimum Gasteiger partial charge on any atom is -0.302 e. The van der Waals surface area contributed by atoms with Crippen molar-refractivity contribution in [3.8, 4) is 0 Å². The van der Waals surface area contributed by atoms with Crippen LogP contribution >= 0.6 is 0 Å². The van der Waals surface area contributed by atoms with Crippen molar-refractivity contribution in [3.63, 3.8) is 0 Å². The number of rotatable bonds is 3. The summed E-state index contributed by atoms with van der Waals surface area (Å²) in [5.74, 6) is 0.0876. The first-order valence-corrected chi connectivity index (χ1v) is 4.43. The predicted octanol–water partition coefficient (Wildman–Crippen LogP) is 1.17. The van der Waals surface area contributed by atoms with Crippen LogP contribution in [0, 0.1) is 0 Å². The molecule has 0 bridgehead atoms. The molecule has 0 aliphatic carbocycles.